The molecule has 1 spiro atoms. The van der Waals surface area contributed by atoms with Crippen LogP contribution in [0.25, 0.3) is 0 Å². The molecule has 3 fully saturated rings. The Balaban J connectivity index is 1.64. The molecule has 1 atom stereocenters. The zero-order chi connectivity index (χ0) is 14.5. The predicted molar refractivity (Wildman–Crippen MR) is 94.1 cm³/mol. The third kappa shape index (κ3) is 3.79. The van der Waals surface area contributed by atoms with Crippen molar-refractivity contribution in [3.63, 3.8) is 0 Å². The highest BCUT2D eigenvalue weighted by molar-refractivity contribution is 7.98. The topological polar surface area (TPSA) is 15.3 Å². The number of thioether (sulfide) groups is 1. The minimum atomic E-state index is 0.513. The molecule has 0 bridgehead atoms. The van der Waals surface area contributed by atoms with Crippen LogP contribution in [0.15, 0.2) is 0 Å². The molecule has 0 aromatic carbocycles. The fourth-order valence-electron chi connectivity index (χ4n) is 5.01. The van der Waals surface area contributed by atoms with E-state index in [2.05, 4.69) is 16.5 Å². The first-order chi connectivity index (χ1) is 10.3. The lowest BCUT2D eigenvalue weighted by Gasteiger charge is -2.53. The Morgan fingerprint density at radius 1 is 1.05 bits per heavy atom. The van der Waals surface area contributed by atoms with Crippen molar-refractivity contribution >= 4 is 11.8 Å². The molecule has 0 aromatic heterocycles. The lowest BCUT2D eigenvalue weighted by molar-refractivity contribution is 0.000562. The van der Waals surface area contributed by atoms with Crippen LogP contribution in [0.2, 0.25) is 0 Å². The van der Waals surface area contributed by atoms with Gasteiger partial charge in [0.1, 0.15) is 0 Å². The van der Waals surface area contributed by atoms with E-state index in [1.165, 1.54) is 89.6 Å². The van der Waals surface area contributed by atoms with Gasteiger partial charge in [0.25, 0.3) is 0 Å². The van der Waals surface area contributed by atoms with Gasteiger partial charge in [0.05, 0.1) is 0 Å². The minimum Gasteiger partial charge on any atom is -0.311 e. The summed E-state index contributed by atoms with van der Waals surface area (Å²) in [7, 11) is 0. The fraction of sp³-hybridized carbons (Fsp3) is 1.00. The second kappa shape index (κ2) is 7.70. The molecule has 3 aliphatic rings. The number of nitrogens with zero attached hydrogens (tertiary/aromatic N) is 1. The zero-order valence-electron chi connectivity index (χ0n) is 13.9. The van der Waals surface area contributed by atoms with E-state index in [1.54, 1.807) is 0 Å². The highest BCUT2D eigenvalue weighted by Gasteiger charge is 2.43. The molecule has 1 saturated heterocycles. The van der Waals surface area contributed by atoms with E-state index >= 15 is 0 Å². The molecular weight excluding hydrogens is 276 g/mol. The van der Waals surface area contributed by atoms with Crippen LogP contribution in [0.3, 0.4) is 0 Å². The molecule has 2 aliphatic carbocycles. The normalized spacial score (nSPS) is 31.6. The summed E-state index contributed by atoms with van der Waals surface area (Å²) in [6.07, 6.45) is 16.9. The van der Waals surface area contributed by atoms with Crippen LogP contribution in [0.1, 0.15) is 64.2 Å². The fourth-order valence-corrected chi connectivity index (χ4v) is 5.42. The SMILES string of the molecule is CSCCN1CC(C2CCCCC2)NCC12CCCCC2. The first-order valence-corrected chi connectivity index (χ1v) is 10.7. The molecule has 1 aliphatic heterocycles. The Bertz CT molecular complexity index is 308. The Labute approximate surface area is 135 Å². The van der Waals surface area contributed by atoms with Crippen LogP contribution in [0.4, 0.5) is 0 Å². The molecule has 0 aromatic rings. The quantitative estimate of drug-likeness (QED) is 0.847. The summed E-state index contributed by atoms with van der Waals surface area (Å²) in [6, 6.07) is 0.778. The van der Waals surface area contributed by atoms with Gasteiger partial charge in [-0.1, -0.05) is 38.5 Å². The third-order valence-electron chi connectivity index (χ3n) is 6.35. The maximum Gasteiger partial charge on any atom is 0.0335 e. The van der Waals surface area contributed by atoms with Gasteiger partial charge in [-0.2, -0.15) is 11.8 Å². The number of hydrogen-bond acceptors (Lipinski definition) is 3. The van der Waals surface area contributed by atoms with Gasteiger partial charge in [-0.3, -0.25) is 4.90 Å². The van der Waals surface area contributed by atoms with Gasteiger partial charge < -0.3 is 5.32 Å². The van der Waals surface area contributed by atoms with E-state index in [4.69, 9.17) is 0 Å². The summed E-state index contributed by atoms with van der Waals surface area (Å²) in [5.74, 6) is 2.26. The molecule has 0 radical (unpaired) electrons. The maximum absolute atomic E-state index is 4.01. The molecule has 1 heterocycles. The van der Waals surface area contributed by atoms with Crippen LogP contribution < -0.4 is 5.32 Å². The summed E-state index contributed by atoms with van der Waals surface area (Å²) in [6.45, 7) is 3.90. The van der Waals surface area contributed by atoms with Crippen LogP contribution in [-0.4, -0.2) is 48.1 Å². The minimum absolute atomic E-state index is 0.513. The number of nitrogens with one attached hydrogen (secondary N) is 1. The van der Waals surface area contributed by atoms with Gasteiger partial charge in [-0.05, 0) is 37.9 Å². The van der Waals surface area contributed by atoms with Crippen molar-refractivity contribution < 1.29 is 0 Å². The van der Waals surface area contributed by atoms with Crippen molar-refractivity contribution in [3.05, 3.63) is 0 Å². The van der Waals surface area contributed by atoms with Gasteiger partial charge in [0, 0.05) is 37.0 Å². The van der Waals surface area contributed by atoms with Crippen molar-refractivity contribution in [1.82, 2.24) is 10.2 Å². The van der Waals surface area contributed by atoms with Crippen molar-refractivity contribution in [2.45, 2.75) is 75.8 Å². The van der Waals surface area contributed by atoms with Gasteiger partial charge in [0.2, 0.25) is 0 Å². The average Bonchev–Trinajstić information content (AvgIpc) is 2.56. The van der Waals surface area contributed by atoms with E-state index in [0.717, 1.165) is 12.0 Å². The molecule has 0 amide bonds. The summed E-state index contributed by atoms with van der Waals surface area (Å²) in [5.41, 5.74) is 0.513. The first-order valence-electron chi connectivity index (χ1n) is 9.31. The second-order valence-corrected chi connectivity index (χ2v) is 8.59. The van der Waals surface area contributed by atoms with Gasteiger partial charge in [-0.15, -0.1) is 0 Å². The maximum atomic E-state index is 4.01. The highest BCUT2D eigenvalue weighted by atomic mass is 32.2. The van der Waals surface area contributed by atoms with Crippen LogP contribution in [-0.2, 0) is 0 Å². The molecule has 21 heavy (non-hydrogen) atoms. The van der Waals surface area contributed by atoms with E-state index in [0.29, 0.717) is 5.54 Å². The smallest absolute Gasteiger partial charge is 0.0335 e. The van der Waals surface area contributed by atoms with Crippen LogP contribution >= 0.6 is 11.8 Å². The molecule has 122 valence electrons. The zero-order valence-corrected chi connectivity index (χ0v) is 14.7. The van der Waals surface area contributed by atoms with E-state index in [1.807, 2.05) is 11.8 Å². The first kappa shape index (κ1) is 16.1. The molecule has 2 nitrogen and oxygen atoms in total. The lowest BCUT2D eigenvalue weighted by atomic mass is 9.76. The van der Waals surface area contributed by atoms with Gasteiger partial charge in [-0.25, -0.2) is 0 Å². The van der Waals surface area contributed by atoms with Crippen molar-refractivity contribution in [1.29, 1.82) is 0 Å². The monoisotopic (exact) mass is 310 g/mol. The van der Waals surface area contributed by atoms with Gasteiger partial charge in [0.15, 0.2) is 0 Å². The van der Waals surface area contributed by atoms with Crippen LogP contribution in [0, 0.1) is 5.92 Å². The molecule has 3 heteroatoms. The Morgan fingerprint density at radius 2 is 1.76 bits per heavy atom. The standard InChI is InChI=1S/C18H34N2S/c1-21-13-12-20-14-17(16-8-4-2-5-9-16)19-15-18(20)10-6-3-7-11-18/h16-17,19H,2-15H2,1H3. The van der Waals surface area contributed by atoms with Crippen molar-refractivity contribution in [3.8, 4) is 0 Å². The van der Waals surface area contributed by atoms with Gasteiger partial charge >= 0.3 is 0 Å². The summed E-state index contributed by atoms with van der Waals surface area (Å²) in [4.78, 5) is 2.92. The molecule has 3 rings (SSSR count). The highest BCUT2D eigenvalue weighted by Crippen LogP contribution is 2.37. The van der Waals surface area contributed by atoms with Crippen molar-refractivity contribution in [2.24, 2.45) is 5.92 Å². The number of piperazine rings is 1. The predicted octanol–water partition coefficient (Wildman–Crippen LogP) is 3.91. The summed E-state index contributed by atoms with van der Waals surface area (Å²) in [5, 5.41) is 4.01. The Kier molecular flexibility index (Phi) is 5.92. The van der Waals surface area contributed by atoms with E-state index in [9.17, 15) is 0 Å². The summed E-state index contributed by atoms with van der Waals surface area (Å²) < 4.78 is 0. The number of hydrogen-bond donors (Lipinski definition) is 1. The Hall–Kier alpha value is 0.270. The van der Waals surface area contributed by atoms with Crippen molar-refractivity contribution in [2.75, 3.05) is 31.6 Å². The second-order valence-electron chi connectivity index (χ2n) is 7.61. The van der Waals surface area contributed by atoms with E-state index in [-0.39, 0.29) is 0 Å². The average molecular weight is 311 g/mol. The summed E-state index contributed by atoms with van der Waals surface area (Å²) >= 11 is 2.02. The number of rotatable bonds is 4. The Morgan fingerprint density at radius 3 is 2.48 bits per heavy atom. The third-order valence-corrected chi connectivity index (χ3v) is 6.94. The molecule has 1 unspecified atom stereocenters. The van der Waals surface area contributed by atoms with Crippen LogP contribution in [0.5, 0.6) is 0 Å². The molecule has 2 saturated carbocycles. The molecule has 1 N–H and O–H groups in total. The van der Waals surface area contributed by atoms with E-state index < -0.39 is 0 Å². The molecular formula is C18H34N2S. The lowest BCUT2D eigenvalue weighted by Crippen LogP contribution is -2.67. The largest absolute Gasteiger partial charge is 0.311 e.